The molecule has 0 spiro atoms. The van der Waals surface area contributed by atoms with Gasteiger partial charge in [-0.25, -0.2) is 0 Å². The van der Waals surface area contributed by atoms with Gasteiger partial charge in [-0.1, -0.05) is 20.3 Å². The number of nitrogens with zero attached hydrogens (tertiary/aromatic N) is 1. The number of anilines is 2. The Morgan fingerprint density at radius 3 is 2.77 bits per heavy atom. The van der Waals surface area contributed by atoms with Crippen molar-refractivity contribution < 1.29 is 0 Å². The second-order valence-corrected chi connectivity index (χ2v) is 3.52. The highest BCUT2D eigenvalue weighted by Crippen LogP contribution is 2.18. The molecule has 0 aliphatic carbocycles. The van der Waals surface area contributed by atoms with E-state index in [0.29, 0.717) is 17.8 Å². The highest BCUT2D eigenvalue weighted by Gasteiger charge is 2.11. The molecule has 0 aliphatic rings. The van der Waals surface area contributed by atoms with E-state index in [9.17, 15) is 0 Å². The number of rotatable bonds is 4. The fourth-order valence-corrected chi connectivity index (χ4v) is 1.15. The molecule has 0 saturated heterocycles. The molecular formula is C9H18N4. The van der Waals surface area contributed by atoms with Gasteiger partial charge in [0.2, 0.25) is 0 Å². The molecule has 4 nitrogen and oxygen atoms in total. The van der Waals surface area contributed by atoms with E-state index in [1.54, 1.807) is 6.20 Å². The minimum absolute atomic E-state index is 0.421. The molecule has 0 bridgehead atoms. The minimum Gasteiger partial charge on any atom is -0.382 e. The summed E-state index contributed by atoms with van der Waals surface area (Å²) >= 11 is 0. The third kappa shape index (κ3) is 2.37. The SMILES string of the molecule is CCC(C)C(C)Nc1cn[nH]c1N. The summed E-state index contributed by atoms with van der Waals surface area (Å²) in [5.41, 5.74) is 6.55. The summed E-state index contributed by atoms with van der Waals surface area (Å²) in [6.07, 6.45) is 2.88. The second kappa shape index (κ2) is 4.16. The number of aromatic amines is 1. The standard InChI is InChI=1S/C9H18N4/c1-4-6(2)7(3)12-8-5-11-13-9(8)10/h5-7,12H,4H2,1-3H3,(H3,10,11,13). The summed E-state index contributed by atoms with van der Waals surface area (Å²) in [7, 11) is 0. The average molecular weight is 182 g/mol. The lowest BCUT2D eigenvalue weighted by molar-refractivity contribution is 0.495. The molecule has 0 amide bonds. The molecule has 2 unspecified atom stereocenters. The molecule has 74 valence electrons. The van der Waals surface area contributed by atoms with Gasteiger partial charge in [0.25, 0.3) is 0 Å². The van der Waals surface area contributed by atoms with Crippen molar-refractivity contribution in [3.05, 3.63) is 6.20 Å². The summed E-state index contributed by atoms with van der Waals surface area (Å²) in [6.45, 7) is 6.55. The predicted molar refractivity (Wildman–Crippen MR) is 55.5 cm³/mol. The molecule has 1 aromatic heterocycles. The van der Waals surface area contributed by atoms with Crippen LogP contribution in [-0.4, -0.2) is 16.2 Å². The highest BCUT2D eigenvalue weighted by molar-refractivity contribution is 5.60. The first-order valence-electron chi connectivity index (χ1n) is 4.70. The van der Waals surface area contributed by atoms with E-state index < -0.39 is 0 Å². The van der Waals surface area contributed by atoms with Crippen molar-refractivity contribution in [2.75, 3.05) is 11.1 Å². The minimum atomic E-state index is 0.421. The normalized spacial score (nSPS) is 15.3. The lowest BCUT2D eigenvalue weighted by Gasteiger charge is -2.20. The van der Waals surface area contributed by atoms with Crippen LogP contribution < -0.4 is 11.1 Å². The first-order chi connectivity index (χ1) is 6.15. The molecule has 1 heterocycles. The number of nitrogens with two attached hydrogens (primary N) is 1. The van der Waals surface area contributed by atoms with Crippen LogP contribution >= 0.6 is 0 Å². The van der Waals surface area contributed by atoms with Crippen molar-refractivity contribution in [1.29, 1.82) is 0 Å². The van der Waals surface area contributed by atoms with Gasteiger partial charge in [0.05, 0.1) is 11.9 Å². The van der Waals surface area contributed by atoms with Gasteiger partial charge in [-0.05, 0) is 12.8 Å². The maximum absolute atomic E-state index is 5.65. The molecule has 0 saturated carbocycles. The topological polar surface area (TPSA) is 66.7 Å². The molecule has 0 aliphatic heterocycles. The van der Waals surface area contributed by atoms with Crippen LogP contribution in [0.3, 0.4) is 0 Å². The number of hydrogen-bond donors (Lipinski definition) is 3. The molecule has 0 radical (unpaired) electrons. The Kier molecular flexibility index (Phi) is 3.17. The Morgan fingerprint density at radius 1 is 1.62 bits per heavy atom. The van der Waals surface area contributed by atoms with E-state index in [1.165, 1.54) is 0 Å². The largest absolute Gasteiger partial charge is 0.382 e. The molecule has 2 atom stereocenters. The maximum Gasteiger partial charge on any atom is 0.142 e. The molecule has 0 aromatic carbocycles. The second-order valence-electron chi connectivity index (χ2n) is 3.52. The van der Waals surface area contributed by atoms with Gasteiger partial charge in [-0.2, -0.15) is 5.10 Å². The quantitative estimate of drug-likeness (QED) is 0.665. The van der Waals surface area contributed by atoms with Gasteiger partial charge in [0, 0.05) is 6.04 Å². The van der Waals surface area contributed by atoms with Crippen molar-refractivity contribution in [3.63, 3.8) is 0 Å². The zero-order valence-electron chi connectivity index (χ0n) is 8.46. The van der Waals surface area contributed by atoms with Crippen LogP contribution in [-0.2, 0) is 0 Å². The summed E-state index contributed by atoms with van der Waals surface area (Å²) in [5, 5.41) is 9.87. The zero-order valence-corrected chi connectivity index (χ0v) is 8.46. The van der Waals surface area contributed by atoms with E-state index in [2.05, 4.69) is 36.3 Å². The smallest absolute Gasteiger partial charge is 0.142 e. The molecular weight excluding hydrogens is 164 g/mol. The van der Waals surface area contributed by atoms with Crippen molar-refractivity contribution in [3.8, 4) is 0 Å². The predicted octanol–water partition coefficient (Wildman–Crippen LogP) is 1.84. The van der Waals surface area contributed by atoms with Crippen LogP contribution in [0.15, 0.2) is 6.20 Å². The van der Waals surface area contributed by atoms with Gasteiger partial charge in [0.1, 0.15) is 5.82 Å². The van der Waals surface area contributed by atoms with E-state index in [4.69, 9.17) is 5.73 Å². The zero-order chi connectivity index (χ0) is 9.84. The summed E-state index contributed by atoms with van der Waals surface area (Å²) in [4.78, 5) is 0. The molecule has 4 N–H and O–H groups in total. The Morgan fingerprint density at radius 2 is 2.31 bits per heavy atom. The van der Waals surface area contributed by atoms with Gasteiger partial charge in [-0.3, -0.25) is 5.10 Å². The number of aromatic nitrogens is 2. The van der Waals surface area contributed by atoms with E-state index in [1.807, 2.05) is 0 Å². The van der Waals surface area contributed by atoms with Crippen molar-refractivity contribution >= 4 is 11.5 Å². The van der Waals surface area contributed by atoms with E-state index >= 15 is 0 Å². The van der Waals surface area contributed by atoms with Crippen LogP contribution in [0.1, 0.15) is 27.2 Å². The number of H-pyrrole nitrogens is 1. The van der Waals surface area contributed by atoms with Gasteiger partial charge in [-0.15, -0.1) is 0 Å². The van der Waals surface area contributed by atoms with Crippen molar-refractivity contribution in [1.82, 2.24) is 10.2 Å². The van der Waals surface area contributed by atoms with E-state index in [0.717, 1.165) is 12.1 Å². The third-order valence-electron chi connectivity index (χ3n) is 2.55. The van der Waals surface area contributed by atoms with Crippen LogP contribution in [0.4, 0.5) is 11.5 Å². The summed E-state index contributed by atoms with van der Waals surface area (Å²) in [6, 6.07) is 0.421. The van der Waals surface area contributed by atoms with Gasteiger partial charge in [0.15, 0.2) is 0 Å². The fraction of sp³-hybridized carbons (Fsp3) is 0.667. The van der Waals surface area contributed by atoms with Gasteiger partial charge < -0.3 is 11.1 Å². The first-order valence-corrected chi connectivity index (χ1v) is 4.70. The van der Waals surface area contributed by atoms with Crippen molar-refractivity contribution in [2.45, 2.75) is 33.2 Å². The number of hydrogen-bond acceptors (Lipinski definition) is 3. The summed E-state index contributed by atoms with van der Waals surface area (Å²) in [5.74, 6) is 1.24. The highest BCUT2D eigenvalue weighted by atomic mass is 15.2. The lowest BCUT2D eigenvalue weighted by atomic mass is 10.0. The molecule has 1 rings (SSSR count). The first kappa shape index (κ1) is 9.89. The number of nitrogen functional groups attached to an aromatic ring is 1. The van der Waals surface area contributed by atoms with E-state index in [-0.39, 0.29) is 0 Å². The Labute approximate surface area is 78.9 Å². The van der Waals surface area contributed by atoms with Gasteiger partial charge >= 0.3 is 0 Å². The van der Waals surface area contributed by atoms with Crippen LogP contribution in [0.2, 0.25) is 0 Å². The molecule has 1 aromatic rings. The average Bonchev–Trinajstić information content (AvgIpc) is 2.50. The van der Waals surface area contributed by atoms with Crippen LogP contribution in [0.25, 0.3) is 0 Å². The maximum atomic E-state index is 5.65. The molecule has 13 heavy (non-hydrogen) atoms. The fourth-order valence-electron chi connectivity index (χ4n) is 1.15. The number of nitrogens with one attached hydrogen (secondary N) is 2. The third-order valence-corrected chi connectivity index (χ3v) is 2.55. The Balaban J connectivity index is 2.54. The van der Waals surface area contributed by atoms with Crippen LogP contribution in [0.5, 0.6) is 0 Å². The molecule has 0 fully saturated rings. The Hall–Kier alpha value is -1.19. The van der Waals surface area contributed by atoms with Crippen LogP contribution in [0, 0.1) is 5.92 Å². The lowest BCUT2D eigenvalue weighted by Crippen LogP contribution is -2.23. The monoisotopic (exact) mass is 182 g/mol. The summed E-state index contributed by atoms with van der Waals surface area (Å²) < 4.78 is 0. The molecule has 4 heteroatoms. The van der Waals surface area contributed by atoms with Crippen molar-refractivity contribution in [2.24, 2.45) is 5.92 Å². The Bertz CT molecular complexity index is 256.